The number of hydrogen-bond donors (Lipinski definition) is 2. The average Bonchev–Trinajstić information content (AvgIpc) is 3.11. The van der Waals surface area contributed by atoms with Crippen LogP contribution in [0.4, 0.5) is 11.4 Å². The number of aryl methyl sites for hydroxylation is 1. The molecule has 4 rings (SSSR count). The van der Waals surface area contributed by atoms with Crippen molar-refractivity contribution >= 4 is 39.1 Å². The molecule has 130 valence electrons. The summed E-state index contributed by atoms with van der Waals surface area (Å²) >= 11 is 0. The molecule has 0 amide bonds. The number of nitrogens with zero attached hydrogens (tertiary/aromatic N) is 2. The van der Waals surface area contributed by atoms with Gasteiger partial charge in [-0.05, 0) is 55.8 Å². The smallest absolute Gasteiger partial charge is 0.162 e. The normalized spacial score (nSPS) is 11.2. The number of H-pyrrole nitrogens is 1. The number of fused-ring (bicyclic) bond motifs is 3. The third-order valence-electron chi connectivity index (χ3n) is 4.47. The van der Waals surface area contributed by atoms with Gasteiger partial charge in [-0.2, -0.15) is 0 Å². The van der Waals surface area contributed by atoms with Gasteiger partial charge in [-0.15, -0.1) is 0 Å². The van der Waals surface area contributed by atoms with E-state index in [1.54, 1.807) is 6.33 Å². The van der Waals surface area contributed by atoms with Crippen molar-refractivity contribution in [1.82, 2.24) is 15.0 Å². The predicted molar refractivity (Wildman–Crippen MR) is 105 cm³/mol. The fraction of sp³-hybridized carbons (Fsp3) is 0.190. The SMILES string of the molecule is CCCC(=O)c1ccc(Nc2cc(C)[nH]c3ccc4ncnc4c23)cc1. The molecule has 0 aliphatic heterocycles. The van der Waals surface area contributed by atoms with Crippen LogP contribution in [-0.2, 0) is 0 Å². The molecule has 0 bridgehead atoms. The van der Waals surface area contributed by atoms with E-state index in [2.05, 4.69) is 26.3 Å². The number of carbonyl (C=O) groups is 1. The van der Waals surface area contributed by atoms with E-state index in [0.717, 1.165) is 51.0 Å². The summed E-state index contributed by atoms with van der Waals surface area (Å²) in [6.07, 6.45) is 3.03. The van der Waals surface area contributed by atoms with Gasteiger partial charge in [0.05, 0.1) is 11.2 Å². The summed E-state index contributed by atoms with van der Waals surface area (Å²) in [5.41, 5.74) is 6.46. The highest BCUT2D eigenvalue weighted by molar-refractivity contribution is 6.10. The summed E-state index contributed by atoms with van der Waals surface area (Å²) in [7, 11) is 0. The number of rotatable bonds is 5. The van der Waals surface area contributed by atoms with Crippen LogP contribution in [-0.4, -0.2) is 20.7 Å². The van der Waals surface area contributed by atoms with Crippen LogP contribution >= 0.6 is 0 Å². The van der Waals surface area contributed by atoms with Crippen LogP contribution in [0.25, 0.3) is 21.9 Å². The van der Waals surface area contributed by atoms with Crippen LogP contribution in [0.15, 0.2) is 48.8 Å². The lowest BCUT2D eigenvalue weighted by Crippen LogP contribution is -1.99. The molecule has 0 aliphatic rings. The van der Waals surface area contributed by atoms with Crippen LogP contribution in [0.5, 0.6) is 0 Å². The molecule has 2 N–H and O–H groups in total. The molecule has 0 unspecified atom stereocenters. The second kappa shape index (κ2) is 6.59. The molecule has 5 nitrogen and oxygen atoms in total. The van der Waals surface area contributed by atoms with E-state index in [1.807, 2.05) is 50.2 Å². The summed E-state index contributed by atoms with van der Waals surface area (Å²) in [4.78, 5) is 24.1. The summed E-state index contributed by atoms with van der Waals surface area (Å²) in [5, 5.41) is 4.48. The molecular weight excluding hydrogens is 324 g/mol. The van der Waals surface area contributed by atoms with Gasteiger partial charge in [0.1, 0.15) is 11.8 Å². The number of aromatic nitrogens is 3. The third kappa shape index (κ3) is 2.92. The topological polar surface area (TPSA) is 70.7 Å². The fourth-order valence-corrected chi connectivity index (χ4v) is 3.24. The van der Waals surface area contributed by atoms with Gasteiger partial charge in [0.2, 0.25) is 0 Å². The van der Waals surface area contributed by atoms with Crippen LogP contribution in [0.2, 0.25) is 0 Å². The first-order chi connectivity index (χ1) is 12.7. The maximum Gasteiger partial charge on any atom is 0.162 e. The Hall–Kier alpha value is -3.21. The Balaban J connectivity index is 1.75. The Morgan fingerprint density at radius 1 is 1.12 bits per heavy atom. The number of Topliss-reactive ketones (excluding diaryl/α,β-unsaturated/α-hetero) is 1. The monoisotopic (exact) mass is 344 g/mol. The maximum absolute atomic E-state index is 12.0. The highest BCUT2D eigenvalue weighted by Gasteiger charge is 2.11. The van der Waals surface area contributed by atoms with Gasteiger partial charge < -0.3 is 10.3 Å². The van der Waals surface area contributed by atoms with Crippen LogP contribution < -0.4 is 5.32 Å². The van der Waals surface area contributed by atoms with Crippen LogP contribution in [0, 0.1) is 6.92 Å². The van der Waals surface area contributed by atoms with Crippen molar-refractivity contribution < 1.29 is 4.79 Å². The van der Waals surface area contributed by atoms with E-state index in [9.17, 15) is 4.79 Å². The molecule has 0 saturated carbocycles. The maximum atomic E-state index is 12.0. The first-order valence-corrected chi connectivity index (χ1v) is 8.79. The van der Waals surface area contributed by atoms with Gasteiger partial charge >= 0.3 is 0 Å². The van der Waals surface area contributed by atoms with Crippen molar-refractivity contribution in [2.75, 3.05) is 5.32 Å². The minimum Gasteiger partial charge on any atom is -0.358 e. The number of imidazole rings is 1. The number of nitrogens with one attached hydrogen (secondary N) is 2. The Morgan fingerprint density at radius 2 is 1.92 bits per heavy atom. The van der Waals surface area contributed by atoms with Crippen molar-refractivity contribution in [3.8, 4) is 0 Å². The minimum atomic E-state index is 0.184. The Morgan fingerprint density at radius 3 is 2.69 bits per heavy atom. The summed E-state index contributed by atoms with van der Waals surface area (Å²) < 4.78 is 0. The third-order valence-corrected chi connectivity index (χ3v) is 4.47. The van der Waals surface area contributed by atoms with E-state index in [0.29, 0.717) is 6.42 Å². The van der Waals surface area contributed by atoms with Crippen molar-refractivity contribution in [2.24, 2.45) is 0 Å². The molecule has 4 aromatic rings. The molecule has 5 heteroatoms. The fourth-order valence-electron chi connectivity index (χ4n) is 3.24. The summed E-state index contributed by atoms with van der Waals surface area (Å²) in [6, 6.07) is 13.7. The molecule has 2 aromatic carbocycles. The predicted octanol–water partition coefficient (Wildman–Crippen LogP) is 5.15. The lowest BCUT2D eigenvalue weighted by molar-refractivity contribution is 0.0982. The first kappa shape index (κ1) is 16.3. The van der Waals surface area contributed by atoms with Gasteiger partial charge in [0.25, 0.3) is 0 Å². The largest absolute Gasteiger partial charge is 0.358 e. The number of ketones is 1. The molecule has 0 spiro atoms. The Bertz CT molecular complexity index is 1100. The number of hydrogen-bond acceptors (Lipinski definition) is 4. The highest BCUT2D eigenvalue weighted by atomic mass is 16.1. The van der Waals surface area contributed by atoms with E-state index < -0.39 is 0 Å². The molecule has 0 aliphatic carbocycles. The van der Waals surface area contributed by atoms with Crippen molar-refractivity contribution in [3.63, 3.8) is 0 Å². The van der Waals surface area contributed by atoms with Gasteiger partial charge in [0, 0.05) is 34.3 Å². The lowest BCUT2D eigenvalue weighted by atomic mass is 10.1. The number of pyridine rings is 1. The standard InChI is InChI=1S/C21H20N4O/c1-3-4-19(26)14-5-7-15(8-6-14)25-18-11-13(2)24-16-9-10-17-21(20(16)18)23-12-22-17/h5-12,24-25H,3-4H2,1-2H3. The van der Waals surface area contributed by atoms with Gasteiger partial charge in [-0.3, -0.25) is 4.79 Å². The van der Waals surface area contributed by atoms with E-state index in [1.165, 1.54) is 0 Å². The van der Waals surface area contributed by atoms with Crippen LogP contribution in [0.3, 0.4) is 0 Å². The van der Waals surface area contributed by atoms with Crippen molar-refractivity contribution in [1.29, 1.82) is 0 Å². The highest BCUT2D eigenvalue weighted by Crippen LogP contribution is 2.31. The second-order valence-electron chi connectivity index (χ2n) is 6.47. The Kier molecular flexibility index (Phi) is 4.13. The summed E-state index contributed by atoms with van der Waals surface area (Å²) in [6.45, 7) is 4.04. The van der Waals surface area contributed by atoms with E-state index >= 15 is 0 Å². The zero-order valence-electron chi connectivity index (χ0n) is 14.8. The number of benzene rings is 2. The second-order valence-corrected chi connectivity index (χ2v) is 6.47. The molecule has 0 saturated heterocycles. The molecular formula is C21H20N4O. The summed E-state index contributed by atoms with van der Waals surface area (Å²) in [5.74, 6) is 0.184. The zero-order valence-corrected chi connectivity index (χ0v) is 14.8. The zero-order chi connectivity index (χ0) is 18.1. The average molecular weight is 344 g/mol. The van der Waals surface area contributed by atoms with Gasteiger partial charge in [0.15, 0.2) is 5.78 Å². The molecule has 0 radical (unpaired) electrons. The van der Waals surface area contributed by atoms with E-state index in [-0.39, 0.29) is 5.78 Å². The number of carbonyl (C=O) groups excluding carboxylic acids is 1. The Labute approximate surface area is 151 Å². The van der Waals surface area contributed by atoms with Crippen molar-refractivity contribution in [3.05, 3.63) is 60.0 Å². The number of anilines is 2. The molecule has 0 atom stereocenters. The van der Waals surface area contributed by atoms with Gasteiger partial charge in [-0.1, -0.05) is 6.92 Å². The van der Waals surface area contributed by atoms with Crippen molar-refractivity contribution in [2.45, 2.75) is 26.7 Å². The van der Waals surface area contributed by atoms with Crippen LogP contribution in [0.1, 0.15) is 35.8 Å². The van der Waals surface area contributed by atoms with Gasteiger partial charge in [-0.25, -0.2) is 9.97 Å². The molecule has 2 aromatic heterocycles. The quantitative estimate of drug-likeness (QED) is 0.491. The minimum absolute atomic E-state index is 0.184. The molecule has 0 fully saturated rings. The molecule has 2 heterocycles. The molecule has 26 heavy (non-hydrogen) atoms. The lowest BCUT2D eigenvalue weighted by Gasteiger charge is -2.12. The van der Waals surface area contributed by atoms with E-state index in [4.69, 9.17) is 0 Å². The number of aromatic amines is 1. The first-order valence-electron chi connectivity index (χ1n) is 8.79.